The highest BCUT2D eigenvalue weighted by Crippen LogP contribution is 2.62. The lowest BCUT2D eigenvalue weighted by Gasteiger charge is -2.37. The molecule has 0 N–H and O–H groups in total. The lowest BCUT2D eigenvalue weighted by Crippen LogP contribution is -2.31. The van der Waals surface area contributed by atoms with E-state index in [4.69, 9.17) is 0 Å². The minimum absolute atomic E-state index is 0.124. The highest BCUT2D eigenvalue weighted by molar-refractivity contribution is 7.27. The van der Waals surface area contributed by atoms with Gasteiger partial charge in [-0.2, -0.15) is 0 Å². The first-order chi connectivity index (χ1) is 35.0. The molecule has 0 nitrogen and oxygen atoms in total. The van der Waals surface area contributed by atoms with E-state index in [0.29, 0.717) is 0 Å². The SMILES string of the molecule is CCCCCCCCCCCCc1ccsc1-c1cc(-c2sc(-c3cc4c(s3)-c3sccc3C4(CC(CC)CCCC)CC(CC)CCCC)cc2CCCCCCCCCCCC)c2cccccc1-2. The summed E-state index contributed by atoms with van der Waals surface area (Å²) in [7, 11) is 0. The molecule has 0 saturated carbocycles. The minimum Gasteiger partial charge on any atom is -0.144 e. The van der Waals surface area contributed by atoms with Gasteiger partial charge in [0.05, 0.1) is 0 Å². The van der Waals surface area contributed by atoms with Crippen molar-refractivity contribution in [3.63, 3.8) is 0 Å². The Morgan fingerprint density at radius 1 is 0.380 bits per heavy atom. The van der Waals surface area contributed by atoms with Gasteiger partial charge in [-0.3, -0.25) is 0 Å². The second-order valence-corrected chi connectivity index (χ2v) is 26.1. The first-order valence-corrected chi connectivity index (χ1v) is 33.3. The van der Waals surface area contributed by atoms with E-state index in [-0.39, 0.29) is 5.41 Å². The molecule has 4 heterocycles. The number of fused-ring (bicyclic) bond motifs is 4. The van der Waals surface area contributed by atoms with Crippen LogP contribution in [0.1, 0.15) is 256 Å². The highest BCUT2D eigenvalue weighted by atomic mass is 32.1. The van der Waals surface area contributed by atoms with Crippen LogP contribution in [0.3, 0.4) is 0 Å². The lowest BCUT2D eigenvalue weighted by molar-refractivity contribution is 0.266. The largest absolute Gasteiger partial charge is 0.144 e. The summed E-state index contributed by atoms with van der Waals surface area (Å²) in [6, 6.07) is 24.8. The van der Waals surface area contributed by atoms with Gasteiger partial charge < -0.3 is 0 Å². The maximum atomic E-state index is 2.76. The third-order valence-electron chi connectivity index (χ3n) is 16.8. The van der Waals surface area contributed by atoms with Crippen LogP contribution < -0.4 is 0 Å². The summed E-state index contributed by atoms with van der Waals surface area (Å²) >= 11 is 8.26. The van der Waals surface area contributed by atoms with Crippen LogP contribution in [-0.2, 0) is 18.3 Å². The third kappa shape index (κ3) is 14.9. The molecule has 4 aromatic rings. The van der Waals surface area contributed by atoms with Crippen LogP contribution >= 0.6 is 45.3 Å². The Kier molecular flexibility index (Phi) is 23.9. The molecule has 3 aliphatic carbocycles. The Bertz CT molecular complexity index is 2340. The second kappa shape index (κ2) is 30.2. The molecule has 0 saturated heterocycles. The van der Waals surface area contributed by atoms with Gasteiger partial charge in [0, 0.05) is 45.8 Å². The van der Waals surface area contributed by atoms with Crippen molar-refractivity contribution in [2.24, 2.45) is 11.8 Å². The molecule has 3 aliphatic rings. The van der Waals surface area contributed by atoms with Crippen LogP contribution in [0.2, 0.25) is 0 Å². The number of unbranched alkanes of at least 4 members (excludes halogenated alkanes) is 20. The van der Waals surface area contributed by atoms with Gasteiger partial charge >= 0.3 is 0 Å². The first kappa shape index (κ1) is 56.2. The van der Waals surface area contributed by atoms with E-state index >= 15 is 0 Å². The number of hydrogen-bond donors (Lipinski definition) is 0. The number of hydrogen-bond acceptors (Lipinski definition) is 4. The van der Waals surface area contributed by atoms with Gasteiger partial charge in [-0.1, -0.05) is 239 Å². The van der Waals surface area contributed by atoms with Crippen molar-refractivity contribution >= 4 is 45.3 Å². The summed E-state index contributed by atoms with van der Waals surface area (Å²) in [5, 5.41) is 4.81. The zero-order chi connectivity index (χ0) is 49.7. The van der Waals surface area contributed by atoms with E-state index in [1.54, 1.807) is 32.0 Å². The van der Waals surface area contributed by atoms with Gasteiger partial charge in [-0.25, -0.2) is 0 Å². The molecule has 0 spiro atoms. The first-order valence-electron chi connectivity index (χ1n) is 29.9. The van der Waals surface area contributed by atoms with Crippen LogP contribution in [0, 0.1) is 11.8 Å². The van der Waals surface area contributed by atoms with E-state index in [1.807, 2.05) is 22.7 Å². The van der Waals surface area contributed by atoms with Crippen molar-refractivity contribution in [1.82, 2.24) is 0 Å². The molecule has 0 aliphatic heterocycles. The predicted octanol–water partition coefficient (Wildman–Crippen LogP) is 24.4. The molecule has 4 aromatic heterocycles. The van der Waals surface area contributed by atoms with Gasteiger partial charge in [0.25, 0.3) is 0 Å². The van der Waals surface area contributed by atoms with E-state index < -0.39 is 0 Å². The standard InChI is InChI=1S/C67H96S4/c1-7-13-17-19-21-23-25-27-29-32-38-53-42-44-68-63(53)57-47-58(56-41-35-31-34-40-55(56)57)64-54(39-33-30-28-26-24-22-20-18-14-8-2)46-61(70-64)62-48-60-66(71-62)65-59(43-45-69-65)67(60,49-51(11-5)36-15-9-3)50-52(12-6)37-16-10-4/h31,34-35,40-48,51-52H,7-30,32-33,36-39,49-50H2,1-6H3. The van der Waals surface area contributed by atoms with Crippen molar-refractivity contribution in [3.8, 4) is 51.5 Å². The lowest BCUT2D eigenvalue weighted by atomic mass is 9.66. The Morgan fingerprint density at radius 2 is 0.845 bits per heavy atom. The average molecular weight is 1030 g/mol. The van der Waals surface area contributed by atoms with Gasteiger partial charge in [0.2, 0.25) is 0 Å². The van der Waals surface area contributed by atoms with Gasteiger partial charge in [0.15, 0.2) is 0 Å². The van der Waals surface area contributed by atoms with Crippen LogP contribution in [0.4, 0.5) is 0 Å². The van der Waals surface area contributed by atoms with Gasteiger partial charge in [0.1, 0.15) is 0 Å². The third-order valence-corrected chi connectivity index (χ3v) is 21.4. The Labute approximate surface area is 451 Å². The van der Waals surface area contributed by atoms with Gasteiger partial charge in [-0.05, 0) is 125 Å². The molecule has 2 unspecified atom stereocenters. The topological polar surface area (TPSA) is 0 Å². The van der Waals surface area contributed by atoms with Crippen LogP contribution in [0.5, 0.6) is 0 Å². The molecule has 0 radical (unpaired) electrons. The predicted molar refractivity (Wildman–Crippen MR) is 324 cm³/mol. The molecule has 2 atom stereocenters. The summed E-state index contributed by atoms with van der Waals surface area (Å²) in [5.74, 6) is 1.53. The molecule has 0 aromatic carbocycles. The average Bonchev–Trinajstić information content (AvgIpc) is 4.26. The Hall–Kier alpha value is -2.50. The minimum atomic E-state index is 0.124. The van der Waals surface area contributed by atoms with Crippen LogP contribution in [0.25, 0.3) is 51.5 Å². The number of aryl methyl sites for hydroxylation is 2. The van der Waals surface area contributed by atoms with E-state index in [0.717, 1.165) is 11.8 Å². The van der Waals surface area contributed by atoms with Gasteiger partial charge in [-0.15, -0.1) is 45.3 Å². The Morgan fingerprint density at radius 3 is 1.39 bits per heavy atom. The van der Waals surface area contributed by atoms with Crippen molar-refractivity contribution in [2.45, 2.75) is 252 Å². The summed E-state index contributed by atoms with van der Waals surface area (Å²) in [6.07, 6.45) is 43.2. The van der Waals surface area contributed by atoms with E-state index in [9.17, 15) is 0 Å². The molecule has 0 amide bonds. The quantitative estimate of drug-likeness (QED) is 0.0341. The summed E-state index contributed by atoms with van der Waals surface area (Å²) in [5.41, 5.74) is 12.4. The number of thiophene rings is 4. The second-order valence-electron chi connectivity index (χ2n) is 22.2. The summed E-state index contributed by atoms with van der Waals surface area (Å²) < 4.78 is 0. The fraction of sp³-hybridized carbons (Fsp3) is 0.612. The van der Waals surface area contributed by atoms with Crippen molar-refractivity contribution in [2.75, 3.05) is 0 Å². The van der Waals surface area contributed by atoms with Crippen molar-refractivity contribution in [3.05, 3.63) is 93.7 Å². The van der Waals surface area contributed by atoms with Crippen LogP contribution in [-0.4, -0.2) is 0 Å². The van der Waals surface area contributed by atoms with Crippen molar-refractivity contribution in [1.29, 1.82) is 0 Å². The molecular formula is C67H96S4. The van der Waals surface area contributed by atoms with E-state index in [1.165, 1.54) is 247 Å². The maximum absolute atomic E-state index is 2.76. The van der Waals surface area contributed by atoms with Crippen LogP contribution in [0.15, 0.2) is 71.4 Å². The fourth-order valence-electron chi connectivity index (χ4n) is 12.5. The molecule has 0 fully saturated rings. The monoisotopic (exact) mass is 1030 g/mol. The molecule has 7 rings (SSSR count). The van der Waals surface area contributed by atoms with Crippen molar-refractivity contribution < 1.29 is 0 Å². The zero-order valence-electron chi connectivity index (χ0n) is 45.8. The normalized spacial score (nSPS) is 15.2. The smallest absolute Gasteiger partial charge is 0.0493 e. The summed E-state index contributed by atoms with van der Waals surface area (Å²) in [4.78, 5) is 9.24. The summed E-state index contributed by atoms with van der Waals surface area (Å²) in [6.45, 7) is 14.4. The number of rotatable bonds is 37. The van der Waals surface area contributed by atoms with E-state index in [2.05, 4.69) is 136 Å². The highest BCUT2D eigenvalue weighted by Gasteiger charge is 2.47. The molecule has 388 valence electrons. The molecular weight excluding hydrogens is 933 g/mol. The Balaban J connectivity index is 1.21. The molecule has 0 bridgehead atoms. The zero-order valence-corrected chi connectivity index (χ0v) is 49.1. The molecule has 4 heteroatoms. The molecule has 71 heavy (non-hydrogen) atoms. The fourth-order valence-corrected chi connectivity index (χ4v) is 17.2. The maximum Gasteiger partial charge on any atom is 0.0493 e.